The van der Waals surface area contributed by atoms with Crippen molar-refractivity contribution >= 4 is 12.2 Å². The number of likely N-dealkylation sites (N-methyl/N-ethyl adjacent to an activating group) is 1. The molecular formula is C11H14N2O2. The Hall–Kier alpha value is -1.58. The summed E-state index contributed by atoms with van der Waals surface area (Å²) in [6.07, 6.45) is 8.81. The normalized spacial score (nSPS) is 27.8. The molecule has 1 heterocycles. The molecule has 2 rings (SSSR count). The highest BCUT2D eigenvalue weighted by molar-refractivity contribution is 5.70. The average molecular weight is 206 g/mol. The van der Waals surface area contributed by atoms with Crippen LogP contribution in [0.1, 0.15) is 12.8 Å². The lowest BCUT2D eigenvalue weighted by atomic mass is 9.87. The van der Waals surface area contributed by atoms with E-state index in [0.29, 0.717) is 12.3 Å². The Morgan fingerprint density at radius 2 is 2.47 bits per heavy atom. The van der Waals surface area contributed by atoms with Crippen LogP contribution in [-0.4, -0.2) is 35.4 Å². The molecule has 1 N–H and O–H groups in total. The monoisotopic (exact) mass is 206 g/mol. The van der Waals surface area contributed by atoms with Gasteiger partial charge in [-0.25, -0.2) is 0 Å². The van der Waals surface area contributed by atoms with Gasteiger partial charge in [-0.3, -0.25) is 9.80 Å². The smallest absolute Gasteiger partial charge is 0.303 e. The van der Waals surface area contributed by atoms with Crippen LogP contribution in [0.15, 0.2) is 28.9 Å². The summed E-state index contributed by atoms with van der Waals surface area (Å²) in [5.74, 6) is -0.438. The van der Waals surface area contributed by atoms with Gasteiger partial charge in [0.1, 0.15) is 0 Å². The highest BCUT2D eigenvalue weighted by Gasteiger charge is 2.31. The zero-order chi connectivity index (χ0) is 10.8. The van der Waals surface area contributed by atoms with E-state index in [9.17, 15) is 4.79 Å². The Morgan fingerprint density at radius 3 is 3.20 bits per heavy atom. The van der Waals surface area contributed by atoms with Crippen LogP contribution in [0.25, 0.3) is 0 Å². The number of carboxylic acid groups (broad SMARTS) is 1. The number of nitrogens with zero attached hydrogens (tertiary/aromatic N) is 2. The van der Waals surface area contributed by atoms with Crippen molar-refractivity contribution in [3.05, 3.63) is 23.8 Å². The molecule has 0 fully saturated rings. The molecule has 1 aliphatic heterocycles. The predicted octanol–water partition coefficient (Wildman–Crippen LogP) is 1.26. The third kappa shape index (κ3) is 1.93. The number of hydrogen-bond acceptors (Lipinski definition) is 3. The van der Waals surface area contributed by atoms with E-state index in [1.807, 2.05) is 30.4 Å². The molecule has 0 aromatic heterocycles. The molecule has 1 aliphatic carbocycles. The van der Waals surface area contributed by atoms with Gasteiger partial charge in [0.25, 0.3) is 0 Å². The summed E-state index contributed by atoms with van der Waals surface area (Å²) in [5.41, 5.74) is 1.16. The summed E-state index contributed by atoms with van der Waals surface area (Å²) >= 11 is 0. The Balaban J connectivity index is 2.07. The first-order valence-corrected chi connectivity index (χ1v) is 5.04. The van der Waals surface area contributed by atoms with Crippen molar-refractivity contribution in [1.82, 2.24) is 5.01 Å². The maximum atomic E-state index is 10.5. The molecule has 4 nitrogen and oxygen atoms in total. The Kier molecular flexibility index (Phi) is 2.58. The zero-order valence-corrected chi connectivity index (χ0v) is 8.63. The first-order valence-electron chi connectivity index (χ1n) is 5.04. The summed E-state index contributed by atoms with van der Waals surface area (Å²) in [5, 5.41) is 14.8. The maximum absolute atomic E-state index is 10.5. The van der Waals surface area contributed by atoms with Gasteiger partial charge in [0.05, 0.1) is 6.04 Å². The fourth-order valence-corrected chi connectivity index (χ4v) is 2.12. The molecule has 15 heavy (non-hydrogen) atoms. The van der Waals surface area contributed by atoms with Crippen LogP contribution < -0.4 is 0 Å². The van der Waals surface area contributed by atoms with E-state index in [1.165, 1.54) is 0 Å². The lowest BCUT2D eigenvalue weighted by molar-refractivity contribution is -0.137. The van der Waals surface area contributed by atoms with Gasteiger partial charge in [-0.2, -0.15) is 5.10 Å². The van der Waals surface area contributed by atoms with Gasteiger partial charge >= 0.3 is 5.97 Å². The van der Waals surface area contributed by atoms with E-state index < -0.39 is 5.97 Å². The van der Waals surface area contributed by atoms with Crippen molar-refractivity contribution in [2.45, 2.75) is 18.9 Å². The summed E-state index contributed by atoms with van der Waals surface area (Å²) < 4.78 is 0. The van der Waals surface area contributed by atoms with E-state index in [-0.39, 0.29) is 12.5 Å². The second-order valence-corrected chi connectivity index (χ2v) is 3.88. The number of hydrogen-bond donors (Lipinski definition) is 1. The average Bonchev–Trinajstić information content (AvgIpc) is 2.58. The predicted molar refractivity (Wildman–Crippen MR) is 57.6 cm³/mol. The van der Waals surface area contributed by atoms with Crippen LogP contribution in [-0.2, 0) is 4.79 Å². The molecule has 0 spiro atoms. The number of fused-ring (bicyclic) bond motifs is 1. The SMILES string of the molecule is CN1N=CC2C=CC=C(CCC(=O)O)C21. The van der Waals surface area contributed by atoms with Gasteiger partial charge in [-0.05, 0) is 12.0 Å². The van der Waals surface area contributed by atoms with E-state index in [2.05, 4.69) is 11.2 Å². The second-order valence-electron chi connectivity index (χ2n) is 3.88. The molecule has 2 unspecified atom stereocenters. The molecule has 2 aliphatic rings. The third-order valence-corrected chi connectivity index (χ3v) is 2.84. The molecule has 0 aromatic rings. The maximum Gasteiger partial charge on any atom is 0.303 e. The second kappa shape index (κ2) is 3.88. The van der Waals surface area contributed by atoms with Crippen LogP contribution in [0.4, 0.5) is 0 Å². The molecule has 0 saturated carbocycles. The highest BCUT2D eigenvalue weighted by Crippen LogP contribution is 2.29. The minimum absolute atomic E-state index is 0.191. The summed E-state index contributed by atoms with van der Waals surface area (Å²) in [4.78, 5) is 10.5. The van der Waals surface area contributed by atoms with Gasteiger partial charge in [0.15, 0.2) is 0 Å². The lowest BCUT2D eigenvalue weighted by Gasteiger charge is -2.27. The number of hydrazone groups is 1. The number of aliphatic carboxylic acids is 1. The molecule has 0 bridgehead atoms. The highest BCUT2D eigenvalue weighted by atomic mass is 16.4. The van der Waals surface area contributed by atoms with Crippen molar-refractivity contribution < 1.29 is 9.90 Å². The number of allylic oxidation sites excluding steroid dienone is 2. The zero-order valence-electron chi connectivity index (χ0n) is 8.63. The number of rotatable bonds is 3. The largest absolute Gasteiger partial charge is 0.481 e. The van der Waals surface area contributed by atoms with Crippen LogP contribution >= 0.6 is 0 Å². The van der Waals surface area contributed by atoms with Gasteiger partial charge in [-0.1, -0.05) is 18.2 Å². The van der Waals surface area contributed by atoms with Crippen molar-refractivity contribution in [2.24, 2.45) is 11.0 Å². The van der Waals surface area contributed by atoms with Crippen molar-refractivity contribution in [3.63, 3.8) is 0 Å². The fraction of sp³-hybridized carbons (Fsp3) is 0.455. The molecule has 4 heteroatoms. The van der Waals surface area contributed by atoms with E-state index >= 15 is 0 Å². The standard InChI is InChI=1S/C11H14N2O2/c1-13-11-8(5-6-10(14)15)3-2-4-9(11)7-12-13/h2-4,7,9,11H,5-6H2,1H3,(H,14,15). The third-order valence-electron chi connectivity index (χ3n) is 2.84. The van der Waals surface area contributed by atoms with Crippen LogP contribution in [0.5, 0.6) is 0 Å². The van der Waals surface area contributed by atoms with Gasteiger partial charge in [0, 0.05) is 25.6 Å². The van der Waals surface area contributed by atoms with Gasteiger partial charge in [-0.15, -0.1) is 0 Å². The molecule has 0 saturated heterocycles. The molecular weight excluding hydrogens is 192 g/mol. The topological polar surface area (TPSA) is 52.9 Å². The number of carboxylic acids is 1. The van der Waals surface area contributed by atoms with Crippen molar-refractivity contribution in [1.29, 1.82) is 0 Å². The van der Waals surface area contributed by atoms with Crippen LogP contribution in [0, 0.1) is 5.92 Å². The van der Waals surface area contributed by atoms with Crippen LogP contribution in [0.3, 0.4) is 0 Å². The van der Waals surface area contributed by atoms with E-state index in [0.717, 1.165) is 5.57 Å². The Bertz CT molecular complexity index is 358. The molecule has 0 amide bonds. The van der Waals surface area contributed by atoms with Crippen molar-refractivity contribution in [2.75, 3.05) is 7.05 Å². The summed E-state index contributed by atoms with van der Waals surface area (Å²) in [6.45, 7) is 0. The molecule has 80 valence electrons. The molecule has 0 radical (unpaired) electrons. The Morgan fingerprint density at radius 1 is 1.67 bits per heavy atom. The fourth-order valence-electron chi connectivity index (χ4n) is 2.12. The summed E-state index contributed by atoms with van der Waals surface area (Å²) in [7, 11) is 1.93. The van der Waals surface area contributed by atoms with Gasteiger partial charge in [0.2, 0.25) is 0 Å². The van der Waals surface area contributed by atoms with Crippen LogP contribution in [0.2, 0.25) is 0 Å². The first kappa shape index (κ1) is 9.96. The lowest BCUT2D eigenvalue weighted by Crippen LogP contribution is -2.32. The quantitative estimate of drug-likeness (QED) is 0.756. The molecule has 0 aromatic carbocycles. The molecule has 2 atom stereocenters. The number of carbonyl (C=O) groups is 1. The van der Waals surface area contributed by atoms with E-state index in [4.69, 9.17) is 5.11 Å². The Labute approximate surface area is 88.6 Å². The minimum atomic E-state index is -0.747. The minimum Gasteiger partial charge on any atom is -0.481 e. The van der Waals surface area contributed by atoms with Gasteiger partial charge < -0.3 is 5.11 Å². The summed E-state index contributed by atoms with van der Waals surface area (Å²) in [6, 6.07) is 0.231. The first-order chi connectivity index (χ1) is 7.18. The van der Waals surface area contributed by atoms with E-state index in [1.54, 1.807) is 0 Å². The van der Waals surface area contributed by atoms with Crippen molar-refractivity contribution in [3.8, 4) is 0 Å².